The molecule has 0 radical (unpaired) electrons. The summed E-state index contributed by atoms with van der Waals surface area (Å²) in [5, 5.41) is 1.09. The minimum Gasteiger partial charge on any atom is -0.320 e. The normalized spacial score (nSPS) is 12.4. The Morgan fingerprint density at radius 1 is 1.00 bits per heavy atom. The average Bonchev–Trinajstić information content (AvgIpc) is 2.48. The highest BCUT2D eigenvalue weighted by Crippen LogP contribution is 2.33. The van der Waals surface area contributed by atoms with E-state index >= 15 is 0 Å². The highest BCUT2D eigenvalue weighted by molar-refractivity contribution is 6.42. The zero-order valence-corrected chi connectivity index (χ0v) is 13.3. The van der Waals surface area contributed by atoms with E-state index in [1.54, 1.807) is 6.07 Å². The molecule has 0 heterocycles. The molecule has 106 valence electrons. The summed E-state index contributed by atoms with van der Waals surface area (Å²) in [6.07, 6.45) is 1.94. The van der Waals surface area contributed by atoms with Crippen LogP contribution >= 0.6 is 23.2 Å². The van der Waals surface area contributed by atoms with Gasteiger partial charge in [0.1, 0.15) is 0 Å². The quantitative estimate of drug-likeness (QED) is 0.829. The third-order valence-electron chi connectivity index (χ3n) is 3.65. The molecule has 0 aliphatic carbocycles. The summed E-state index contributed by atoms with van der Waals surface area (Å²) in [5.74, 6) is 0. The summed E-state index contributed by atoms with van der Waals surface area (Å²) in [5.41, 5.74) is 11.0. The SMILES string of the molecule is CCc1ccc(CC)c(C(N)c2cccc(Cl)c2Cl)c1. The van der Waals surface area contributed by atoms with Crippen molar-refractivity contribution in [1.82, 2.24) is 0 Å². The summed E-state index contributed by atoms with van der Waals surface area (Å²) < 4.78 is 0. The van der Waals surface area contributed by atoms with Crippen molar-refractivity contribution in [2.24, 2.45) is 5.73 Å². The van der Waals surface area contributed by atoms with Gasteiger partial charge < -0.3 is 5.73 Å². The van der Waals surface area contributed by atoms with Gasteiger partial charge in [0, 0.05) is 0 Å². The maximum Gasteiger partial charge on any atom is 0.0643 e. The van der Waals surface area contributed by atoms with Crippen molar-refractivity contribution >= 4 is 23.2 Å². The maximum atomic E-state index is 6.44. The van der Waals surface area contributed by atoms with Crippen LogP contribution in [0.25, 0.3) is 0 Å². The first-order valence-electron chi connectivity index (χ1n) is 6.89. The Kier molecular flexibility index (Phi) is 5.09. The predicted octanol–water partition coefficient (Wildman–Crippen LogP) is 5.17. The molecule has 0 fully saturated rings. The Morgan fingerprint density at radius 3 is 2.40 bits per heavy atom. The van der Waals surface area contributed by atoms with Crippen LogP contribution in [0.4, 0.5) is 0 Å². The van der Waals surface area contributed by atoms with Crippen molar-refractivity contribution in [3.8, 4) is 0 Å². The molecule has 1 nitrogen and oxygen atoms in total. The lowest BCUT2D eigenvalue weighted by atomic mass is 9.92. The van der Waals surface area contributed by atoms with Gasteiger partial charge in [-0.25, -0.2) is 0 Å². The number of rotatable bonds is 4. The molecule has 3 heteroatoms. The van der Waals surface area contributed by atoms with Crippen LogP contribution in [-0.2, 0) is 12.8 Å². The van der Waals surface area contributed by atoms with Crippen molar-refractivity contribution in [1.29, 1.82) is 0 Å². The van der Waals surface area contributed by atoms with Gasteiger partial charge in [0.15, 0.2) is 0 Å². The lowest BCUT2D eigenvalue weighted by Crippen LogP contribution is -2.15. The molecule has 0 saturated carbocycles. The third kappa shape index (κ3) is 3.01. The summed E-state index contributed by atoms with van der Waals surface area (Å²) in [6.45, 7) is 4.28. The molecule has 0 bridgehead atoms. The van der Waals surface area contributed by atoms with Gasteiger partial charge in [-0.1, -0.05) is 67.4 Å². The van der Waals surface area contributed by atoms with Gasteiger partial charge in [-0.05, 0) is 41.2 Å². The molecular formula is C17H19Cl2N. The van der Waals surface area contributed by atoms with Crippen LogP contribution in [0, 0.1) is 0 Å². The molecule has 0 amide bonds. The number of nitrogens with two attached hydrogens (primary N) is 1. The number of halogens is 2. The molecule has 20 heavy (non-hydrogen) atoms. The zero-order valence-electron chi connectivity index (χ0n) is 11.8. The van der Waals surface area contributed by atoms with Gasteiger partial charge >= 0.3 is 0 Å². The highest BCUT2D eigenvalue weighted by Gasteiger charge is 2.17. The second kappa shape index (κ2) is 6.62. The Balaban J connectivity index is 2.51. The number of aryl methyl sites for hydroxylation is 2. The van der Waals surface area contributed by atoms with E-state index in [-0.39, 0.29) is 6.04 Å². The van der Waals surface area contributed by atoms with Gasteiger partial charge in [-0.2, -0.15) is 0 Å². The predicted molar refractivity (Wildman–Crippen MR) is 87.7 cm³/mol. The van der Waals surface area contributed by atoms with Gasteiger partial charge in [-0.3, -0.25) is 0 Å². The lowest BCUT2D eigenvalue weighted by molar-refractivity contribution is 0.845. The van der Waals surface area contributed by atoms with Crippen LogP contribution in [0.2, 0.25) is 10.0 Å². The monoisotopic (exact) mass is 307 g/mol. The Labute approximate surface area is 130 Å². The van der Waals surface area contributed by atoms with Crippen LogP contribution in [0.1, 0.15) is 42.1 Å². The molecule has 1 unspecified atom stereocenters. The minimum atomic E-state index is -0.248. The van der Waals surface area contributed by atoms with Gasteiger partial charge in [0.2, 0.25) is 0 Å². The van der Waals surface area contributed by atoms with Crippen LogP contribution in [0.5, 0.6) is 0 Å². The van der Waals surface area contributed by atoms with Crippen LogP contribution in [-0.4, -0.2) is 0 Å². The minimum absolute atomic E-state index is 0.248. The smallest absolute Gasteiger partial charge is 0.0643 e. The first kappa shape index (κ1) is 15.4. The fourth-order valence-corrected chi connectivity index (χ4v) is 2.83. The average molecular weight is 308 g/mol. The fourth-order valence-electron chi connectivity index (χ4n) is 2.40. The van der Waals surface area contributed by atoms with Crippen molar-refractivity contribution in [3.05, 3.63) is 68.7 Å². The van der Waals surface area contributed by atoms with Crippen LogP contribution in [0.15, 0.2) is 36.4 Å². The van der Waals surface area contributed by atoms with Gasteiger partial charge in [0.05, 0.1) is 16.1 Å². The van der Waals surface area contributed by atoms with Crippen molar-refractivity contribution in [2.75, 3.05) is 0 Å². The van der Waals surface area contributed by atoms with E-state index in [4.69, 9.17) is 28.9 Å². The molecule has 1 atom stereocenters. The van der Waals surface area contributed by atoms with Crippen molar-refractivity contribution in [2.45, 2.75) is 32.7 Å². The van der Waals surface area contributed by atoms with E-state index in [9.17, 15) is 0 Å². The van der Waals surface area contributed by atoms with Crippen LogP contribution < -0.4 is 5.73 Å². The number of hydrogen-bond donors (Lipinski definition) is 1. The van der Waals surface area contributed by atoms with Crippen molar-refractivity contribution < 1.29 is 0 Å². The molecule has 2 rings (SSSR count). The van der Waals surface area contributed by atoms with E-state index < -0.39 is 0 Å². The molecule has 2 N–H and O–H groups in total. The van der Waals surface area contributed by atoms with Gasteiger partial charge in [-0.15, -0.1) is 0 Å². The third-order valence-corrected chi connectivity index (χ3v) is 4.48. The lowest BCUT2D eigenvalue weighted by Gasteiger charge is -2.19. The maximum absolute atomic E-state index is 6.44. The van der Waals surface area contributed by atoms with Crippen LogP contribution in [0.3, 0.4) is 0 Å². The largest absolute Gasteiger partial charge is 0.320 e. The summed E-state index contributed by atoms with van der Waals surface area (Å²) in [6, 6.07) is 11.9. The summed E-state index contributed by atoms with van der Waals surface area (Å²) in [4.78, 5) is 0. The van der Waals surface area contributed by atoms with Gasteiger partial charge in [0.25, 0.3) is 0 Å². The molecule has 0 saturated heterocycles. The first-order valence-corrected chi connectivity index (χ1v) is 7.65. The molecule has 2 aromatic carbocycles. The molecule has 0 aliphatic heterocycles. The fraction of sp³-hybridized carbons (Fsp3) is 0.294. The second-order valence-corrected chi connectivity index (χ2v) is 5.65. The zero-order chi connectivity index (χ0) is 14.7. The standard InChI is InChI=1S/C17H19Cl2N/c1-3-11-8-9-12(4-2)14(10-11)17(20)13-6-5-7-15(18)16(13)19/h5-10,17H,3-4,20H2,1-2H3. The molecule has 0 spiro atoms. The summed E-state index contributed by atoms with van der Waals surface area (Å²) >= 11 is 12.4. The summed E-state index contributed by atoms with van der Waals surface area (Å²) in [7, 11) is 0. The van der Waals surface area contributed by atoms with E-state index in [1.165, 1.54) is 11.1 Å². The second-order valence-electron chi connectivity index (χ2n) is 4.86. The molecule has 0 aliphatic rings. The Morgan fingerprint density at radius 2 is 1.75 bits per heavy atom. The number of benzene rings is 2. The Bertz CT molecular complexity index is 608. The van der Waals surface area contributed by atoms with E-state index in [1.807, 2.05) is 12.1 Å². The number of hydrogen-bond acceptors (Lipinski definition) is 1. The molecular weight excluding hydrogens is 289 g/mol. The van der Waals surface area contributed by atoms with Crippen molar-refractivity contribution in [3.63, 3.8) is 0 Å². The topological polar surface area (TPSA) is 26.0 Å². The molecule has 0 aromatic heterocycles. The molecule has 2 aromatic rings. The van der Waals surface area contributed by atoms with E-state index in [0.29, 0.717) is 10.0 Å². The van der Waals surface area contributed by atoms with E-state index in [2.05, 4.69) is 32.0 Å². The Hall–Kier alpha value is -1.02. The van der Waals surface area contributed by atoms with E-state index in [0.717, 1.165) is 24.0 Å². The first-order chi connectivity index (χ1) is 9.58. The highest BCUT2D eigenvalue weighted by atomic mass is 35.5.